The van der Waals surface area contributed by atoms with E-state index in [-0.39, 0.29) is 0 Å². The molecule has 8 heteroatoms. The molecule has 3 N–H and O–H groups in total. The minimum atomic E-state index is -0.672. The SMILES string of the molecule is NC(=O)N/N=C/c1sc(N2CCCCC2)nc1-c1cccs1. The highest BCUT2D eigenvalue weighted by molar-refractivity contribution is 7.18. The molecule has 1 aliphatic rings. The molecule has 0 atom stereocenters. The summed E-state index contributed by atoms with van der Waals surface area (Å²) in [5, 5.41) is 6.92. The van der Waals surface area contributed by atoms with Crippen molar-refractivity contribution in [2.75, 3.05) is 18.0 Å². The molecular weight excluding hydrogens is 318 g/mol. The molecule has 2 amide bonds. The van der Waals surface area contributed by atoms with Gasteiger partial charge >= 0.3 is 6.03 Å². The summed E-state index contributed by atoms with van der Waals surface area (Å²) in [6, 6.07) is 3.37. The number of piperidine rings is 1. The molecule has 1 aliphatic heterocycles. The standard InChI is InChI=1S/C14H17N5OS2/c15-13(20)18-16-9-11-12(10-5-4-8-21-10)17-14(22-11)19-6-2-1-3-7-19/h4-5,8-9H,1-3,6-7H2,(H3,15,18,20)/b16-9+. The first-order chi connectivity index (χ1) is 10.7. The number of thiazole rings is 1. The van der Waals surface area contributed by atoms with E-state index >= 15 is 0 Å². The summed E-state index contributed by atoms with van der Waals surface area (Å²) in [5.41, 5.74) is 8.17. The van der Waals surface area contributed by atoms with Gasteiger partial charge in [-0.1, -0.05) is 17.4 Å². The van der Waals surface area contributed by atoms with Gasteiger partial charge in [-0.05, 0) is 30.7 Å². The average Bonchev–Trinajstić information content (AvgIpc) is 3.16. The third-order valence-corrected chi connectivity index (χ3v) is 5.31. The van der Waals surface area contributed by atoms with Crippen LogP contribution < -0.4 is 16.1 Å². The van der Waals surface area contributed by atoms with Gasteiger partial charge in [0, 0.05) is 13.1 Å². The first-order valence-corrected chi connectivity index (χ1v) is 8.82. The second-order valence-corrected chi connectivity index (χ2v) is 6.93. The van der Waals surface area contributed by atoms with E-state index < -0.39 is 6.03 Å². The van der Waals surface area contributed by atoms with Crippen LogP contribution in [0.25, 0.3) is 10.6 Å². The molecule has 2 aromatic rings. The number of rotatable bonds is 4. The lowest BCUT2D eigenvalue weighted by Gasteiger charge is -2.25. The van der Waals surface area contributed by atoms with Crippen molar-refractivity contribution >= 4 is 40.1 Å². The van der Waals surface area contributed by atoms with Crippen molar-refractivity contribution in [3.8, 4) is 10.6 Å². The van der Waals surface area contributed by atoms with Crippen LogP contribution in [0, 0.1) is 0 Å². The summed E-state index contributed by atoms with van der Waals surface area (Å²) in [5.74, 6) is 0. The maximum absolute atomic E-state index is 10.7. The smallest absolute Gasteiger partial charge is 0.332 e. The lowest BCUT2D eigenvalue weighted by atomic mass is 10.1. The van der Waals surface area contributed by atoms with Gasteiger partial charge in [-0.2, -0.15) is 5.10 Å². The Morgan fingerprint density at radius 3 is 2.91 bits per heavy atom. The molecule has 0 saturated carbocycles. The Hall–Kier alpha value is -1.93. The van der Waals surface area contributed by atoms with Gasteiger partial charge in [0.1, 0.15) is 5.69 Å². The number of hydrazone groups is 1. The second-order valence-electron chi connectivity index (χ2n) is 4.97. The number of carbonyl (C=O) groups is 1. The van der Waals surface area contributed by atoms with Crippen LogP contribution in [0.1, 0.15) is 24.1 Å². The molecule has 6 nitrogen and oxygen atoms in total. The third kappa shape index (κ3) is 3.45. The second kappa shape index (κ2) is 6.89. The van der Waals surface area contributed by atoms with Gasteiger partial charge in [-0.25, -0.2) is 15.2 Å². The highest BCUT2D eigenvalue weighted by atomic mass is 32.1. The first-order valence-electron chi connectivity index (χ1n) is 7.12. The van der Waals surface area contributed by atoms with E-state index in [1.165, 1.54) is 19.3 Å². The minimum absolute atomic E-state index is 0.672. The fourth-order valence-corrected chi connectivity index (χ4v) is 4.17. The maximum Gasteiger partial charge on any atom is 0.332 e. The number of hydrogen-bond donors (Lipinski definition) is 2. The third-order valence-electron chi connectivity index (χ3n) is 3.38. The number of hydrogen-bond acceptors (Lipinski definition) is 6. The topological polar surface area (TPSA) is 83.6 Å². The lowest BCUT2D eigenvalue weighted by Crippen LogP contribution is -2.29. The zero-order valence-corrected chi connectivity index (χ0v) is 13.6. The molecule has 0 unspecified atom stereocenters. The van der Waals surface area contributed by atoms with Crippen LogP contribution in [-0.2, 0) is 0 Å². The molecule has 0 radical (unpaired) electrons. The number of anilines is 1. The van der Waals surface area contributed by atoms with Crippen LogP contribution >= 0.6 is 22.7 Å². The number of carbonyl (C=O) groups excluding carboxylic acids is 1. The van der Waals surface area contributed by atoms with Crippen molar-refractivity contribution in [3.05, 3.63) is 22.4 Å². The van der Waals surface area contributed by atoms with Crippen molar-refractivity contribution in [2.45, 2.75) is 19.3 Å². The molecule has 1 saturated heterocycles. The van der Waals surface area contributed by atoms with E-state index in [0.29, 0.717) is 0 Å². The van der Waals surface area contributed by atoms with Crippen molar-refractivity contribution in [1.82, 2.24) is 10.4 Å². The van der Waals surface area contributed by atoms with Crippen LogP contribution in [0.4, 0.5) is 9.93 Å². The Kier molecular flexibility index (Phi) is 4.69. The van der Waals surface area contributed by atoms with E-state index in [1.807, 2.05) is 17.5 Å². The molecule has 22 heavy (non-hydrogen) atoms. The molecule has 0 spiro atoms. The molecule has 2 aromatic heterocycles. The summed E-state index contributed by atoms with van der Waals surface area (Å²) in [6.07, 6.45) is 5.32. The van der Waals surface area contributed by atoms with E-state index in [2.05, 4.69) is 15.4 Å². The van der Waals surface area contributed by atoms with Crippen LogP contribution in [0.5, 0.6) is 0 Å². The Morgan fingerprint density at radius 2 is 2.23 bits per heavy atom. The highest BCUT2D eigenvalue weighted by Gasteiger charge is 2.19. The number of nitrogens with zero attached hydrogens (tertiary/aromatic N) is 3. The van der Waals surface area contributed by atoms with Gasteiger partial charge in [-0.3, -0.25) is 0 Å². The first kappa shape index (κ1) is 15.0. The number of thiophene rings is 1. The average molecular weight is 335 g/mol. The number of primary amides is 1. The predicted octanol–water partition coefficient (Wildman–Crippen LogP) is 2.86. The van der Waals surface area contributed by atoms with E-state index in [9.17, 15) is 4.79 Å². The molecular formula is C14H17N5OS2. The Bertz CT molecular complexity index is 659. The zero-order valence-electron chi connectivity index (χ0n) is 12.0. The summed E-state index contributed by atoms with van der Waals surface area (Å²) in [7, 11) is 0. The van der Waals surface area contributed by atoms with Crippen LogP contribution in [0.3, 0.4) is 0 Å². The monoisotopic (exact) mass is 335 g/mol. The lowest BCUT2D eigenvalue weighted by molar-refractivity contribution is 0.249. The molecule has 1 fully saturated rings. The van der Waals surface area contributed by atoms with Crippen molar-refractivity contribution in [1.29, 1.82) is 0 Å². The summed E-state index contributed by atoms with van der Waals surface area (Å²) in [6.45, 7) is 2.10. The van der Waals surface area contributed by atoms with Crippen LogP contribution in [-0.4, -0.2) is 30.3 Å². The molecule has 3 heterocycles. The quantitative estimate of drug-likeness (QED) is 0.665. The molecule has 116 valence electrons. The number of urea groups is 1. The Labute approximate surface area is 136 Å². The zero-order chi connectivity index (χ0) is 15.4. The van der Waals surface area contributed by atoms with Gasteiger partial charge in [0.15, 0.2) is 5.13 Å². The van der Waals surface area contributed by atoms with Gasteiger partial charge in [0.2, 0.25) is 0 Å². The van der Waals surface area contributed by atoms with E-state index in [4.69, 9.17) is 10.7 Å². The van der Waals surface area contributed by atoms with Crippen molar-refractivity contribution in [3.63, 3.8) is 0 Å². The van der Waals surface area contributed by atoms with Crippen LogP contribution in [0.2, 0.25) is 0 Å². The highest BCUT2D eigenvalue weighted by Crippen LogP contribution is 2.35. The van der Waals surface area contributed by atoms with Gasteiger partial charge in [0.05, 0.1) is 16.0 Å². The number of nitrogens with one attached hydrogen (secondary N) is 1. The van der Waals surface area contributed by atoms with Crippen LogP contribution in [0.15, 0.2) is 22.6 Å². The maximum atomic E-state index is 10.7. The van der Waals surface area contributed by atoms with Gasteiger partial charge in [-0.15, -0.1) is 11.3 Å². The summed E-state index contributed by atoms with van der Waals surface area (Å²) >= 11 is 3.24. The van der Waals surface area contributed by atoms with E-state index in [0.717, 1.165) is 33.7 Å². The fourth-order valence-electron chi connectivity index (χ4n) is 2.37. The van der Waals surface area contributed by atoms with Gasteiger partial charge < -0.3 is 10.6 Å². The minimum Gasteiger partial charge on any atom is -0.350 e. The Morgan fingerprint density at radius 1 is 1.41 bits per heavy atom. The number of aromatic nitrogens is 1. The summed E-state index contributed by atoms with van der Waals surface area (Å²) < 4.78 is 0. The van der Waals surface area contributed by atoms with Crippen molar-refractivity contribution in [2.24, 2.45) is 10.8 Å². The van der Waals surface area contributed by atoms with E-state index in [1.54, 1.807) is 28.9 Å². The predicted molar refractivity (Wildman–Crippen MR) is 91.8 cm³/mol. The largest absolute Gasteiger partial charge is 0.350 e. The normalized spacial score (nSPS) is 15.4. The summed E-state index contributed by atoms with van der Waals surface area (Å²) in [4.78, 5) is 19.9. The van der Waals surface area contributed by atoms with Crippen molar-refractivity contribution < 1.29 is 4.79 Å². The molecule has 0 aromatic carbocycles. The molecule has 0 bridgehead atoms. The number of amides is 2. The Balaban J connectivity index is 1.90. The molecule has 0 aliphatic carbocycles. The fraction of sp³-hybridized carbons (Fsp3) is 0.357. The number of nitrogens with two attached hydrogens (primary N) is 1. The van der Waals surface area contributed by atoms with Gasteiger partial charge in [0.25, 0.3) is 0 Å². The molecule has 3 rings (SSSR count).